The summed E-state index contributed by atoms with van der Waals surface area (Å²) in [6, 6.07) is 0. The van der Waals surface area contributed by atoms with Crippen LogP contribution in [0.4, 0.5) is 0 Å². The molecule has 0 heterocycles. The molecule has 0 aliphatic heterocycles. The van der Waals surface area contributed by atoms with Crippen LogP contribution in [0.25, 0.3) is 0 Å². The van der Waals surface area contributed by atoms with Gasteiger partial charge in [0.05, 0.1) is 5.60 Å². The van der Waals surface area contributed by atoms with E-state index in [2.05, 4.69) is 32.6 Å². The summed E-state index contributed by atoms with van der Waals surface area (Å²) in [4.78, 5) is 2.62. The highest BCUT2D eigenvalue weighted by Gasteiger charge is 2.38. The van der Waals surface area contributed by atoms with Crippen LogP contribution in [0, 0.1) is 5.92 Å². The summed E-state index contributed by atoms with van der Waals surface area (Å²) in [6.45, 7) is 11.9. The van der Waals surface area contributed by atoms with Gasteiger partial charge in [-0.2, -0.15) is 0 Å². The normalized spacial score (nSPS) is 28.1. The highest BCUT2D eigenvalue weighted by molar-refractivity contribution is 4.96. The van der Waals surface area contributed by atoms with E-state index in [-0.39, 0.29) is 11.1 Å². The fraction of sp³-hybridized carbons (Fsp3) is 1.00. The van der Waals surface area contributed by atoms with Gasteiger partial charge in [-0.3, -0.25) is 4.90 Å². The smallest absolute Gasteiger partial charge is 0.0634 e. The summed E-state index contributed by atoms with van der Waals surface area (Å²) >= 11 is 0. The van der Waals surface area contributed by atoms with Crippen LogP contribution >= 0.6 is 0 Å². The maximum atomic E-state index is 6.20. The van der Waals surface area contributed by atoms with Crippen molar-refractivity contribution in [2.75, 3.05) is 26.7 Å². The second-order valence-electron chi connectivity index (χ2n) is 7.07. The highest BCUT2D eigenvalue weighted by atomic mass is 16.5. The van der Waals surface area contributed by atoms with Crippen molar-refractivity contribution < 1.29 is 4.74 Å². The standard InChI is InChI=1S/C17H36N2O/c1-6-15-8-10-17(14-18,11-9-15)19(7-2)13-12-16(3,4)20-5/h15H,6-14,18H2,1-5H3. The molecule has 0 bridgehead atoms. The molecule has 3 heteroatoms. The SMILES string of the molecule is CCC1CCC(CN)(N(CC)CCC(C)(C)OC)CC1. The fourth-order valence-corrected chi connectivity index (χ4v) is 3.51. The minimum absolute atomic E-state index is 0.0379. The number of methoxy groups -OCH3 is 1. The van der Waals surface area contributed by atoms with Crippen molar-refractivity contribution in [3.63, 3.8) is 0 Å². The van der Waals surface area contributed by atoms with E-state index in [9.17, 15) is 0 Å². The number of rotatable bonds is 8. The molecule has 3 nitrogen and oxygen atoms in total. The van der Waals surface area contributed by atoms with Gasteiger partial charge in [-0.05, 0) is 58.4 Å². The molecule has 2 N–H and O–H groups in total. The Labute approximate surface area is 126 Å². The van der Waals surface area contributed by atoms with E-state index >= 15 is 0 Å². The first kappa shape index (κ1) is 17.9. The zero-order valence-corrected chi connectivity index (χ0v) is 14.4. The van der Waals surface area contributed by atoms with Crippen LogP contribution in [0.3, 0.4) is 0 Å². The number of nitrogens with two attached hydrogens (primary N) is 1. The predicted molar refractivity (Wildman–Crippen MR) is 87.0 cm³/mol. The van der Waals surface area contributed by atoms with E-state index < -0.39 is 0 Å². The Morgan fingerprint density at radius 1 is 1.25 bits per heavy atom. The molecule has 0 aromatic heterocycles. The largest absolute Gasteiger partial charge is 0.379 e. The third-order valence-corrected chi connectivity index (χ3v) is 5.58. The van der Waals surface area contributed by atoms with Crippen LogP contribution in [-0.2, 0) is 4.74 Å². The van der Waals surface area contributed by atoms with Crippen LogP contribution in [0.5, 0.6) is 0 Å². The Bertz CT molecular complexity index is 270. The average molecular weight is 284 g/mol. The van der Waals surface area contributed by atoms with Crippen molar-refractivity contribution in [2.45, 2.75) is 77.4 Å². The Balaban J connectivity index is 2.65. The van der Waals surface area contributed by atoms with Gasteiger partial charge in [0.1, 0.15) is 0 Å². The number of hydrogen-bond acceptors (Lipinski definition) is 3. The molecular formula is C17H36N2O. The predicted octanol–water partition coefficient (Wildman–Crippen LogP) is 3.42. The van der Waals surface area contributed by atoms with Gasteiger partial charge in [-0.15, -0.1) is 0 Å². The lowest BCUT2D eigenvalue weighted by atomic mass is 9.74. The van der Waals surface area contributed by atoms with Crippen molar-refractivity contribution in [1.29, 1.82) is 0 Å². The Hall–Kier alpha value is -0.120. The molecule has 0 aromatic carbocycles. The molecule has 1 saturated carbocycles. The molecule has 0 unspecified atom stereocenters. The van der Waals surface area contributed by atoms with Crippen LogP contribution in [0.1, 0.15) is 66.2 Å². The molecule has 0 radical (unpaired) electrons. The summed E-state index contributed by atoms with van der Waals surface area (Å²) < 4.78 is 5.56. The number of likely N-dealkylation sites (N-methyl/N-ethyl adjacent to an activating group) is 1. The molecule has 0 aromatic rings. The topological polar surface area (TPSA) is 38.5 Å². The van der Waals surface area contributed by atoms with Crippen LogP contribution < -0.4 is 5.73 Å². The summed E-state index contributed by atoms with van der Waals surface area (Å²) in [6.07, 6.45) is 7.61. The Morgan fingerprint density at radius 3 is 2.25 bits per heavy atom. The summed E-state index contributed by atoms with van der Waals surface area (Å²) in [5.74, 6) is 0.920. The molecule has 0 amide bonds. The highest BCUT2D eigenvalue weighted by Crippen LogP contribution is 2.37. The van der Waals surface area contributed by atoms with E-state index in [1.54, 1.807) is 7.11 Å². The Kier molecular flexibility index (Phi) is 6.96. The third-order valence-electron chi connectivity index (χ3n) is 5.58. The first-order valence-corrected chi connectivity index (χ1v) is 8.43. The zero-order chi connectivity index (χ0) is 15.2. The van der Waals surface area contributed by atoms with Gasteiger partial charge in [0.25, 0.3) is 0 Å². The molecule has 120 valence electrons. The van der Waals surface area contributed by atoms with Crippen LogP contribution in [-0.4, -0.2) is 42.8 Å². The van der Waals surface area contributed by atoms with Gasteiger partial charge >= 0.3 is 0 Å². The quantitative estimate of drug-likeness (QED) is 0.742. The van der Waals surface area contributed by atoms with Gasteiger partial charge in [-0.1, -0.05) is 20.3 Å². The van der Waals surface area contributed by atoms with E-state index in [0.717, 1.165) is 32.0 Å². The van der Waals surface area contributed by atoms with Crippen molar-refractivity contribution in [2.24, 2.45) is 11.7 Å². The van der Waals surface area contributed by atoms with Gasteiger partial charge < -0.3 is 10.5 Å². The minimum atomic E-state index is -0.0379. The van der Waals surface area contributed by atoms with Crippen molar-refractivity contribution in [3.8, 4) is 0 Å². The molecular weight excluding hydrogens is 248 g/mol. The third kappa shape index (κ3) is 4.44. The van der Waals surface area contributed by atoms with Crippen LogP contribution in [0.15, 0.2) is 0 Å². The molecule has 0 atom stereocenters. The Morgan fingerprint density at radius 2 is 1.85 bits per heavy atom. The molecule has 20 heavy (non-hydrogen) atoms. The van der Waals surface area contributed by atoms with Gasteiger partial charge in [0.15, 0.2) is 0 Å². The van der Waals surface area contributed by atoms with E-state index in [0.29, 0.717) is 0 Å². The van der Waals surface area contributed by atoms with Gasteiger partial charge in [0.2, 0.25) is 0 Å². The lowest BCUT2D eigenvalue weighted by Gasteiger charge is -2.48. The molecule has 1 aliphatic rings. The van der Waals surface area contributed by atoms with E-state index in [4.69, 9.17) is 10.5 Å². The maximum Gasteiger partial charge on any atom is 0.0634 e. The zero-order valence-electron chi connectivity index (χ0n) is 14.4. The molecule has 1 aliphatic carbocycles. The first-order valence-electron chi connectivity index (χ1n) is 8.43. The number of nitrogens with zero attached hydrogens (tertiary/aromatic N) is 1. The molecule has 0 saturated heterocycles. The van der Waals surface area contributed by atoms with Gasteiger partial charge in [-0.25, -0.2) is 0 Å². The van der Waals surface area contributed by atoms with E-state index in [1.807, 2.05) is 0 Å². The second kappa shape index (κ2) is 7.77. The molecule has 1 rings (SSSR count). The lowest BCUT2D eigenvalue weighted by molar-refractivity contribution is -0.0144. The number of ether oxygens (including phenoxy) is 1. The first-order chi connectivity index (χ1) is 9.43. The van der Waals surface area contributed by atoms with Crippen molar-refractivity contribution >= 4 is 0 Å². The lowest BCUT2D eigenvalue weighted by Crippen LogP contribution is -2.56. The summed E-state index contributed by atoms with van der Waals surface area (Å²) in [7, 11) is 1.81. The van der Waals surface area contributed by atoms with Gasteiger partial charge in [0, 0.05) is 25.7 Å². The molecule has 1 fully saturated rings. The van der Waals surface area contributed by atoms with Crippen molar-refractivity contribution in [3.05, 3.63) is 0 Å². The second-order valence-corrected chi connectivity index (χ2v) is 7.07. The monoisotopic (exact) mass is 284 g/mol. The van der Waals surface area contributed by atoms with Crippen LogP contribution in [0.2, 0.25) is 0 Å². The minimum Gasteiger partial charge on any atom is -0.379 e. The molecule has 0 spiro atoms. The fourth-order valence-electron chi connectivity index (χ4n) is 3.51. The summed E-state index contributed by atoms with van der Waals surface area (Å²) in [5, 5.41) is 0. The van der Waals surface area contributed by atoms with E-state index in [1.165, 1.54) is 32.1 Å². The summed E-state index contributed by atoms with van der Waals surface area (Å²) in [5.41, 5.74) is 6.40. The van der Waals surface area contributed by atoms with Crippen molar-refractivity contribution in [1.82, 2.24) is 4.90 Å². The number of hydrogen-bond donors (Lipinski definition) is 1. The average Bonchev–Trinajstić information content (AvgIpc) is 2.48. The maximum absolute atomic E-state index is 6.20.